The van der Waals surface area contributed by atoms with Crippen molar-refractivity contribution < 1.29 is 18.0 Å². The fourth-order valence-electron chi connectivity index (χ4n) is 2.62. The van der Waals surface area contributed by atoms with Gasteiger partial charge in [-0.2, -0.15) is 18.3 Å². The Morgan fingerprint density at radius 3 is 2.34 bits per heavy atom. The van der Waals surface area contributed by atoms with E-state index in [1.807, 2.05) is 0 Å². The molecule has 1 aromatic heterocycles. The van der Waals surface area contributed by atoms with Gasteiger partial charge in [0.1, 0.15) is 6.04 Å². The largest absolute Gasteiger partial charge is 0.416 e. The van der Waals surface area contributed by atoms with Crippen molar-refractivity contribution in [3.05, 3.63) is 81.6 Å². The van der Waals surface area contributed by atoms with E-state index in [4.69, 9.17) is 11.6 Å². The molecular formula is C20H15ClF3N3O2. The molecule has 9 heteroatoms. The van der Waals surface area contributed by atoms with Gasteiger partial charge in [0.25, 0.3) is 5.56 Å². The average Bonchev–Trinajstić information content (AvgIpc) is 2.68. The lowest BCUT2D eigenvalue weighted by Crippen LogP contribution is -2.33. The highest BCUT2D eigenvalue weighted by Gasteiger charge is 2.30. The lowest BCUT2D eigenvalue weighted by Gasteiger charge is -2.15. The number of rotatable bonds is 4. The summed E-state index contributed by atoms with van der Waals surface area (Å²) in [6, 6.07) is 12.7. The summed E-state index contributed by atoms with van der Waals surface area (Å²) in [5, 5.41) is 7.14. The summed E-state index contributed by atoms with van der Waals surface area (Å²) in [6.07, 6.45) is -4.47. The molecule has 0 aliphatic rings. The van der Waals surface area contributed by atoms with E-state index in [-0.39, 0.29) is 5.69 Å². The monoisotopic (exact) mass is 421 g/mol. The Morgan fingerprint density at radius 2 is 1.72 bits per heavy atom. The van der Waals surface area contributed by atoms with E-state index in [0.717, 1.165) is 28.9 Å². The zero-order valence-electron chi connectivity index (χ0n) is 15.1. The number of nitrogens with zero attached hydrogens (tertiary/aromatic N) is 2. The minimum atomic E-state index is -4.47. The summed E-state index contributed by atoms with van der Waals surface area (Å²) in [5.74, 6) is -0.601. The summed E-state index contributed by atoms with van der Waals surface area (Å²) >= 11 is 6.16. The number of nitrogens with one attached hydrogen (secondary N) is 1. The maximum Gasteiger partial charge on any atom is 0.416 e. The van der Waals surface area contributed by atoms with E-state index >= 15 is 0 Å². The second-order valence-corrected chi connectivity index (χ2v) is 6.63. The second-order valence-electron chi connectivity index (χ2n) is 6.22. The van der Waals surface area contributed by atoms with Crippen LogP contribution in [0.25, 0.3) is 11.3 Å². The number of carbonyl (C=O) groups is 1. The number of aromatic nitrogens is 2. The van der Waals surface area contributed by atoms with Crippen molar-refractivity contribution in [3.63, 3.8) is 0 Å². The van der Waals surface area contributed by atoms with Crippen LogP contribution >= 0.6 is 11.6 Å². The van der Waals surface area contributed by atoms with Gasteiger partial charge in [0.05, 0.1) is 16.3 Å². The number of alkyl halides is 3. The third-order valence-electron chi connectivity index (χ3n) is 4.20. The molecule has 1 N–H and O–H groups in total. The van der Waals surface area contributed by atoms with Crippen LogP contribution in [0.3, 0.4) is 0 Å². The minimum Gasteiger partial charge on any atom is -0.324 e. The Balaban J connectivity index is 1.83. The number of benzene rings is 2. The molecule has 0 saturated carbocycles. The second kappa shape index (κ2) is 8.08. The van der Waals surface area contributed by atoms with Gasteiger partial charge in [0.15, 0.2) is 0 Å². The Labute approximate surface area is 168 Å². The van der Waals surface area contributed by atoms with Crippen molar-refractivity contribution in [2.24, 2.45) is 0 Å². The van der Waals surface area contributed by atoms with Gasteiger partial charge in [0.2, 0.25) is 5.91 Å². The van der Waals surface area contributed by atoms with Crippen LogP contribution in [0, 0.1) is 0 Å². The molecule has 1 atom stereocenters. The average molecular weight is 422 g/mol. The standard InChI is InChI=1S/C20H15ClF3N3O2/c1-12(19(29)25-14-8-6-13(7-9-14)20(22,23)24)27-18(28)11-10-17(26-27)15-4-2-3-5-16(15)21/h2-12H,1H3,(H,25,29). The van der Waals surface area contributed by atoms with Crippen molar-refractivity contribution >= 4 is 23.2 Å². The first kappa shape index (κ1) is 20.6. The van der Waals surface area contributed by atoms with Crippen molar-refractivity contribution in [1.29, 1.82) is 0 Å². The van der Waals surface area contributed by atoms with Gasteiger partial charge in [-0.25, -0.2) is 4.68 Å². The first-order valence-corrected chi connectivity index (χ1v) is 8.87. The van der Waals surface area contributed by atoms with Crippen molar-refractivity contribution in [2.75, 3.05) is 5.32 Å². The molecule has 0 aliphatic heterocycles. The predicted octanol–water partition coefficient (Wildman–Crippen LogP) is 4.78. The zero-order valence-corrected chi connectivity index (χ0v) is 15.8. The summed E-state index contributed by atoms with van der Waals surface area (Å²) in [5.41, 5.74) is -0.155. The lowest BCUT2D eigenvalue weighted by atomic mass is 10.1. The first-order chi connectivity index (χ1) is 13.7. The van der Waals surface area contributed by atoms with Crippen LogP contribution < -0.4 is 10.9 Å². The van der Waals surface area contributed by atoms with Gasteiger partial charge in [-0.3, -0.25) is 9.59 Å². The van der Waals surface area contributed by atoms with Crippen molar-refractivity contribution in [1.82, 2.24) is 9.78 Å². The quantitative estimate of drug-likeness (QED) is 0.659. The van der Waals surface area contributed by atoms with E-state index in [2.05, 4.69) is 10.4 Å². The summed E-state index contributed by atoms with van der Waals surface area (Å²) in [4.78, 5) is 24.7. The number of hydrogen-bond acceptors (Lipinski definition) is 3. The highest BCUT2D eigenvalue weighted by Crippen LogP contribution is 2.30. The van der Waals surface area contributed by atoms with Crippen molar-refractivity contribution in [3.8, 4) is 11.3 Å². The molecule has 29 heavy (non-hydrogen) atoms. The highest BCUT2D eigenvalue weighted by atomic mass is 35.5. The fourth-order valence-corrected chi connectivity index (χ4v) is 2.85. The predicted molar refractivity (Wildman–Crippen MR) is 104 cm³/mol. The van der Waals surface area contributed by atoms with Gasteiger partial charge < -0.3 is 5.32 Å². The highest BCUT2D eigenvalue weighted by molar-refractivity contribution is 6.33. The summed E-state index contributed by atoms with van der Waals surface area (Å²) in [7, 11) is 0. The molecule has 0 fully saturated rings. The molecule has 0 saturated heterocycles. The molecular weight excluding hydrogens is 407 g/mol. The summed E-state index contributed by atoms with van der Waals surface area (Å²) in [6.45, 7) is 1.46. The number of halogens is 4. The number of anilines is 1. The van der Waals surface area contributed by atoms with Crippen LogP contribution in [0.5, 0.6) is 0 Å². The molecule has 0 spiro atoms. The maximum absolute atomic E-state index is 12.6. The number of carbonyl (C=O) groups excluding carboxylic acids is 1. The molecule has 3 rings (SSSR count). The molecule has 150 valence electrons. The van der Waals surface area contributed by atoms with Crippen LogP contribution in [0.1, 0.15) is 18.5 Å². The molecule has 2 aromatic carbocycles. The Kier molecular flexibility index (Phi) is 5.74. The van der Waals surface area contributed by atoms with Crippen LogP contribution in [0.4, 0.5) is 18.9 Å². The SMILES string of the molecule is CC(C(=O)Nc1ccc(C(F)(F)F)cc1)n1nc(-c2ccccc2Cl)ccc1=O. The topological polar surface area (TPSA) is 64.0 Å². The Hall–Kier alpha value is -3.13. The molecule has 0 radical (unpaired) electrons. The Morgan fingerprint density at radius 1 is 1.07 bits per heavy atom. The lowest BCUT2D eigenvalue weighted by molar-refractivity contribution is -0.137. The van der Waals surface area contributed by atoms with Gasteiger partial charge >= 0.3 is 6.18 Å². The maximum atomic E-state index is 12.6. The fraction of sp³-hybridized carbons (Fsp3) is 0.150. The Bertz CT molecular complexity index is 1100. The van der Waals surface area contributed by atoms with Crippen LogP contribution in [-0.2, 0) is 11.0 Å². The van der Waals surface area contributed by atoms with Gasteiger partial charge in [-0.05, 0) is 43.3 Å². The van der Waals surface area contributed by atoms with Gasteiger partial charge in [-0.1, -0.05) is 29.8 Å². The molecule has 1 unspecified atom stereocenters. The van der Waals surface area contributed by atoms with E-state index in [1.165, 1.54) is 19.1 Å². The molecule has 5 nitrogen and oxygen atoms in total. The van der Waals surface area contributed by atoms with Crippen LogP contribution in [0.15, 0.2) is 65.5 Å². The minimum absolute atomic E-state index is 0.171. The first-order valence-electron chi connectivity index (χ1n) is 8.50. The molecule has 0 aliphatic carbocycles. The van der Waals surface area contributed by atoms with Crippen molar-refractivity contribution in [2.45, 2.75) is 19.1 Å². The third-order valence-corrected chi connectivity index (χ3v) is 4.53. The zero-order chi connectivity index (χ0) is 21.2. The normalized spacial score (nSPS) is 12.4. The van der Waals surface area contributed by atoms with Gasteiger partial charge in [-0.15, -0.1) is 0 Å². The number of hydrogen-bond donors (Lipinski definition) is 1. The van der Waals surface area contributed by atoms with Crippen LogP contribution in [0.2, 0.25) is 5.02 Å². The van der Waals surface area contributed by atoms with E-state index in [0.29, 0.717) is 16.3 Å². The third kappa shape index (κ3) is 4.65. The van der Waals surface area contributed by atoms with E-state index in [1.54, 1.807) is 24.3 Å². The van der Waals surface area contributed by atoms with Gasteiger partial charge in [0, 0.05) is 17.3 Å². The summed E-state index contributed by atoms with van der Waals surface area (Å²) < 4.78 is 38.9. The smallest absolute Gasteiger partial charge is 0.324 e. The van der Waals surface area contributed by atoms with Crippen LogP contribution in [-0.4, -0.2) is 15.7 Å². The van der Waals surface area contributed by atoms with E-state index in [9.17, 15) is 22.8 Å². The van der Waals surface area contributed by atoms with E-state index < -0.39 is 29.2 Å². The number of amides is 1. The molecule has 0 bridgehead atoms. The molecule has 1 heterocycles. The molecule has 1 amide bonds. The molecule has 3 aromatic rings.